The second-order valence-electron chi connectivity index (χ2n) is 5.32. The van der Waals surface area contributed by atoms with Gasteiger partial charge in [-0.2, -0.15) is 17.6 Å². The molecule has 150 valence electrons. The summed E-state index contributed by atoms with van der Waals surface area (Å²) in [4.78, 5) is 12.0. The molecule has 0 fully saturated rings. The molecule has 28 heavy (non-hydrogen) atoms. The average Bonchev–Trinajstić information content (AvgIpc) is 2.65. The number of para-hydroxylation sites is 1. The molecule has 1 N–H and O–H groups in total. The molecule has 0 aliphatic heterocycles. The van der Waals surface area contributed by atoms with Gasteiger partial charge in [-0.25, -0.2) is 0 Å². The molecule has 0 heterocycles. The summed E-state index contributed by atoms with van der Waals surface area (Å²) in [7, 11) is 1.51. The first-order valence-corrected chi connectivity index (χ1v) is 8.00. The van der Waals surface area contributed by atoms with E-state index in [0.717, 1.165) is 23.8 Å². The van der Waals surface area contributed by atoms with Crippen molar-refractivity contribution in [3.8, 4) is 17.2 Å². The summed E-state index contributed by atoms with van der Waals surface area (Å²) < 4.78 is 63.2. The van der Waals surface area contributed by atoms with E-state index in [2.05, 4.69) is 14.8 Å². The maximum absolute atomic E-state index is 12.5. The van der Waals surface area contributed by atoms with Crippen LogP contribution in [0.4, 0.5) is 17.6 Å². The summed E-state index contributed by atoms with van der Waals surface area (Å²) in [5.74, 6) is -0.638. The molecular formula is C19H17F4NO4. The minimum absolute atomic E-state index is 0.0920. The Morgan fingerprint density at radius 3 is 2.43 bits per heavy atom. The number of hydrogen-bond donors (Lipinski definition) is 1. The van der Waals surface area contributed by atoms with Crippen molar-refractivity contribution >= 4 is 12.0 Å². The van der Waals surface area contributed by atoms with Gasteiger partial charge in [0.2, 0.25) is 5.91 Å². The third-order valence-corrected chi connectivity index (χ3v) is 3.49. The van der Waals surface area contributed by atoms with Crippen LogP contribution in [0.25, 0.3) is 6.08 Å². The van der Waals surface area contributed by atoms with Crippen molar-refractivity contribution in [2.75, 3.05) is 7.11 Å². The molecule has 0 aliphatic rings. The number of halogens is 4. The molecule has 0 spiro atoms. The third kappa shape index (κ3) is 6.49. The molecule has 0 saturated heterocycles. The van der Waals surface area contributed by atoms with Gasteiger partial charge in [-0.15, -0.1) is 0 Å². The molecule has 0 saturated carbocycles. The van der Waals surface area contributed by atoms with E-state index >= 15 is 0 Å². The quantitative estimate of drug-likeness (QED) is 0.507. The molecule has 0 aromatic heterocycles. The predicted octanol–water partition coefficient (Wildman–Crippen LogP) is 4.23. The second-order valence-corrected chi connectivity index (χ2v) is 5.32. The van der Waals surface area contributed by atoms with Gasteiger partial charge in [-0.1, -0.05) is 18.2 Å². The molecule has 2 aromatic carbocycles. The Balaban J connectivity index is 2.07. The van der Waals surface area contributed by atoms with Crippen molar-refractivity contribution in [2.24, 2.45) is 0 Å². The van der Waals surface area contributed by atoms with Crippen LogP contribution < -0.4 is 19.5 Å². The first kappa shape index (κ1) is 21.1. The smallest absolute Gasteiger partial charge is 0.387 e. The van der Waals surface area contributed by atoms with Crippen LogP contribution in [0.2, 0.25) is 0 Å². The van der Waals surface area contributed by atoms with Crippen LogP contribution in [0.3, 0.4) is 0 Å². The summed E-state index contributed by atoms with van der Waals surface area (Å²) in [6, 6.07) is 10.4. The van der Waals surface area contributed by atoms with E-state index in [1.54, 1.807) is 24.3 Å². The van der Waals surface area contributed by atoms with Crippen molar-refractivity contribution in [2.45, 2.75) is 19.8 Å². The summed E-state index contributed by atoms with van der Waals surface area (Å²) in [6.07, 6.45) is 2.33. The largest absolute Gasteiger partial charge is 0.496 e. The summed E-state index contributed by atoms with van der Waals surface area (Å²) in [6.45, 7) is -6.09. The maximum Gasteiger partial charge on any atom is 0.387 e. The summed E-state index contributed by atoms with van der Waals surface area (Å²) in [5.41, 5.74) is 0.844. The van der Waals surface area contributed by atoms with Crippen LogP contribution in [-0.4, -0.2) is 26.2 Å². The lowest BCUT2D eigenvalue weighted by Gasteiger charge is -2.11. The van der Waals surface area contributed by atoms with E-state index in [-0.39, 0.29) is 17.9 Å². The van der Waals surface area contributed by atoms with Crippen molar-refractivity contribution in [1.29, 1.82) is 0 Å². The van der Waals surface area contributed by atoms with Crippen molar-refractivity contribution in [3.63, 3.8) is 0 Å². The topological polar surface area (TPSA) is 56.8 Å². The first-order chi connectivity index (χ1) is 13.4. The molecule has 0 bridgehead atoms. The number of hydrogen-bond acceptors (Lipinski definition) is 4. The van der Waals surface area contributed by atoms with Crippen molar-refractivity contribution < 1.29 is 36.6 Å². The summed E-state index contributed by atoms with van der Waals surface area (Å²) in [5, 5.41) is 2.62. The zero-order chi connectivity index (χ0) is 20.5. The Kier molecular flexibility index (Phi) is 7.67. The van der Waals surface area contributed by atoms with Gasteiger partial charge in [-0.3, -0.25) is 4.79 Å². The predicted molar refractivity (Wildman–Crippen MR) is 93.6 cm³/mol. The Labute approximate surface area is 158 Å². The second kappa shape index (κ2) is 10.2. The van der Waals surface area contributed by atoms with E-state index in [4.69, 9.17) is 4.74 Å². The lowest BCUT2D eigenvalue weighted by molar-refractivity contribution is -0.116. The van der Waals surface area contributed by atoms with Gasteiger partial charge in [-0.05, 0) is 24.3 Å². The fourth-order valence-corrected chi connectivity index (χ4v) is 2.28. The zero-order valence-corrected chi connectivity index (χ0v) is 14.7. The van der Waals surface area contributed by atoms with Gasteiger partial charge in [0.1, 0.15) is 17.2 Å². The van der Waals surface area contributed by atoms with Gasteiger partial charge < -0.3 is 19.5 Å². The normalized spacial score (nSPS) is 11.1. The van der Waals surface area contributed by atoms with Crippen LogP contribution in [-0.2, 0) is 11.3 Å². The zero-order valence-electron chi connectivity index (χ0n) is 14.7. The number of benzene rings is 2. The number of nitrogens with one attached hydrogen (secondary N) is 1. The first-order valence-electron chi connectivity index (χ1n) is 8.00. The summed E-state index contributed by atoms with van der Waals surface area (Å²) >= 11 is 0. The molecule has 5 nitrogen and oxygen atoms in total. The lowest BCUT2D eigenvalue weighted by Crippen LogP contribution is -2.20. The highest BCUT2D eigenvalue weighted by Crippen LogP contribution is 2.28. The van der Waals surface area contributed by atoms with Crippen LogP contribution >= 0.6 is 0 Å². The van der Waals surface area contributed by atoms with Crippen LogP contribution in [0.1, 0.15) is 11.1 Å². The van der Waals surface area contributed by atoms with E-state index in [1.807, 2.05) is 0 Å². The van der Waals surface area contributed by atoms with Crippen LogP contribution in [0.15, 0.2) is 48.5 Å². The lowest BCUT2D eigenvalue weighted by atomic mass is 10.1. The number of rotatable bonds is 9. The van der Waals surface area contributed by atoms with Gasteiger partial charge in [0.15, 0.2) is 0 Å². The van der Waals surface area contributed by atoms with Crippen LogP contribution in [0.5, 0.6) is 17.2 Å². The minimum Gasteiger partial charge on any atom is -0.496 e. The van der Waals surface area contributed by atoms with E-state index in [9.17, 15) is 22.4 Å². The standard InChI is InChI=1S/C19H17F4NO4/c1-26-15-5-3-2-4-13(15)11-24-17(25)9-7-12-6-8-14(27-18(20)21)10-16(12)28-19(22)23/h2-10,18-19H,11H2,1H3,(H,24,25)/b9-7+. The molecule has 0 unspecified atom stereocenters. The number of ether oxygens (including phenoxy) is 3. The highest BCUT2D eigenvalue weighted by atomic mass is 19.3. The molecule has 0 aliphatic carbocycles. The average molecular weight is 399 g/mol. The minimum atomic E-state index is -3.17. The number of carbonyl (C=O) groups excluding carboxylic acids is 1. The maximum atomic E-state index is 12.5. The fraction of sp³-hybridized carbons (Fsp3) is 0.211. The van der Waals surface area contributed by atoms with Gasteiger partial charge in [0.05, 0.1) is 7.11 Å². The molecule has 9 heteroatoms. The third-order valence-electron chi connectivity index (χ3n) is 3.49. The Hall–Kier alpha value is -3.23. The van der Waals surface area contributed by atoms with Crippen LogP contribution in [0, 0.1) is 0 Å². The molecule has 1 amide bonds. The SMILES string of the molecule is COc1ccccc1CNC(=O)/C=C/c1ccc(OC(F)F)cc1OC(F)F. The number of carbonyl (C=O) groups is 1. The number of amides is 1. The van der Waals surface area contributed by atoms with Gasteiger partial charge in [0.25, 0.3) is 0 Å². The Morgan fingerprint density at radius 2 is 1.75 bits per heavy atom. The fourth-order valence-electron chi connectivity index (χ4n) is 2.28. The van der Waals surface area contributed by atoms with E-state index in [0.29, 0.717) is 5.75 Å². The van der Waals surface area contributed by atoms with E-state index < -0.39 is 24.9 Å². The van der Waals surface area contributed by atoms with Gasteiger partial charge in [0, 0.05) is 29.8 Å². The molecule has 2 rings (SSSR count). The highest BCUT2D eigenvalue weighted by Gasteiger charge is 2.12. The molecule has 2 aromatic rings. The Bertz CT molecular complexity index is 827. The Morgan fingerprint density at radius 1 is 1.04 bits per heavy atom. The monoisotopic (exact) mass is 399 g/mol. The number of methoxy groups -OCH3 is 1. The van der Waals surface area contributed by atoms with Crippen molar-refractivity contribution in [1.82, 2.24) is 5.32 Å². The molecule has 0 radical (unpaired) electrons. The molecular weight excluding hydrogens is 382 g/mol. The highest BCUT2D eigenvalue weighted by molar-refractivity contribution is 5.92. The number of alkyl halides is 4. The van der Waals surface area contributed by atoms with E-state index in [1.165, 1.54) is 19.3 Å². The van der Waals surface area contributed by atoms with Crippen molar-refractivity contribution in [3.05, 3.63) is 59.7 Å². The van der Waals surface area contributed by atoms with Gasteiger partial charge >= 0.3 is 13.2 Å². The molecule has 0 atom stereocenters.